The Bertz CT molecular complexity index is 512. The van der Waals surface area contributed by atoms with Crippen molar-refractivity contribution in [3.8, 4) is 0 Å². The van der Waals surface area contributed by atoms with Gasteiger partial charge < -0.3 is 0 Å². The third-order valence-corrected chi connectivity index (χ3v) is 5.91. The highest BCUT2D eigenvalue weighted by molar-refractivity contribution is 9.10. The molecule has 1 aliphatic rings. The van der Waals surface area contributed by atoms with Crippen molar-refractivity contribution in [1.29, 1.82) is 0 Å². The van der Waals surface area contributed by atoms with Crippen LogP contribution >= 0.6 is 39.1 Å². The molecule has 0 radical (unpaired) electrons. The van der Waals surface area contributed by atoms with Gasteiger partial charge in [0.25, 0.3) is 0 Å². The van der Waals surface area contributed by atoms with Gasteiger partial charge in [-0.05, 0) is 22.4 Å². The minimum absolute atomic E-state index is 0.0707. The minimum Gasteiger partial charge on any atom is -0.229 e. The summed E-state index contributed by atoms with van der Waals surface area (Å²) < 4.78 is 23.1. The van der Waals surface area contributed by atoms with Gasteiger partial charge in [-0.2, -0.15) is 0 Å². The van der Waals surface area contributed by atoms with Gasteiger partial charge in [0.1, 0.15) is 16.1 Å². The van der Waals surface area contributed by atoms with Crippen molar-refractivity contribution in [3.05, 3.63) is 20.6 Å². The van der Waals surface area contributed by atoms with Gasteiger partial charge in [-0.1, -0.05) is 23.2 Å². The molecule has 0 N–H and O–H groups in total. The quantitative estimate of drug-likeness (QED) is 0.733. The van der Waals surface area contributed by atoms with Crippen molar-refractivity contribution in [1.82, 2.24) is 9.97 Å². The predicted octanol–water partition coefficient (Wildman–Crippen LogP) is 2.45. The summed E-state index contributed by atoms with van der Waals surface area (Å²) in [5.41, 5.74) is 0. The lowest BCUT2D eigenvalue weighted by atomic mass is 10.1. The molecule has 16 heavy (non-hydrogen) atoms. The van der Waals surface area contributed by atoms with Crippen molar-refractivity contribution in [2.45, 2.75) is 12.3 Å². The highest BCUT2D eigenvalue weighted by Gasteiger charge is 2.31. The average molecular weight is 346 g/mol. The van der Waals surface area contributed by atoms with Crippen LogP contribution in [0.15, 0.2) is 4.47 Å². The fourth-order valence-electron chi connectivity index (χ4n) is 1.59. The summed E-state index contributed by atoms with van der Waals surface area (Å²) >= 11 is 14.8. The van der Waals surface area contributed by atoms with E-state index >= 15 is 0 Å². The van der Waals surface area contributed by atoms with Crippen molar-refractivity contribution >= 4 is 49.0 Å². The predicted molar refractivity (Wildman–Crippen MR) is 65.8 cm³/mol. The molecule has 8 heteroatoms. The van der Waals surface area contributed by atoms with E-state index in [0.29, 0.717) is 16.7 Å². The molecule has 0 amide bonds. The Hall–Kier alpha value is 0.0900. The Balaban J connectivity index is 2.36. The topological polar surface area (TPSA) is 59.9 Å². The first-order valence-corrected chi connectivity index (χ1v) is 7.85. The lowest BCUT2D eigenvalue weighted by Crippen LogP contribution is -2.07. The van der Waals surface area contributed by atoms with Crippen LogP contribution in [0.5, 0.6) is 0 Å². The van der Waals surface area contributed by atoms with Gasteiger partial charge in [-0.25, -0.2) is 18.4 Å². The van der Waals surface area contributed by atoms with Crippen LogP contribution in [0, 0.1) is 0 Å². The zero-order valence-corrected chi connectivity index (χ0v) is 11.9. The van der Waals surface area contributed by atoms with Crippen molar-refractivity contribution in [2.75, 3.05) is 11.5 Å². The Labute approximate surface area is 111 Å². The van der Waals surface area contributed by atoms with Gasteiger partial charge in [0.05, 0.1) is 16.0 Å². The van der Waals surface area contributed by atoms with E-state index in [1.54, 1.807) is 0 Å². The number of rotatable bonds is 1. The van der Waals surface area contributed by atoms with Gasteiger partial charge in [0.2, 0.25) is 0 Å². The van der Waals surface area contributed by atoms with Crippen LogP contribution in [-0.2, 0) is 9.84 Å². The Morgan fingerprint density at radius 2 is 1.81 bits per heavy atom. The van der Waals surface area contributed by atoms with E-state index in [1.807, 2.05) is 0 Å². The summed E-state index contributed by atoms with van der Waals surface area (Å²) in [4.78, 5) is 8.08. The highest BCUT2D eigenvalue weighted by atomic mass is 79.9. The summed E-state index contributed by atoms with van der Waals surface area (Å²) in [6.07, 6.45) is 0.524. The molecule has 1 aromatic rings. The highest BCUT2D eigenvalue weighted by Crippen LogP contribution is 2.32. The molecule has 0 spiro atoms. The van der Waals surface area contributed by atoms with E-state index in [4.69, 9.17) is 23.2 Å². The number of sulfone groups is 1. The fraction of sp³-hybridized carbons (Fsp3) is 0.500. The first kappa shape index (κ1) is 12.5. The second-order valence-corrected chi connectivity index (χ2v) is 7.32. The fourth-order valence-corrected chi connectivity index (χ4v) is 3.91. The number of nitrogens with zero attached hydrogens (tertiary/aromatic N) is 2. The van der Waals surface area contributed by atoms with E-state index < -0.39 is 9.84 Å². The minimum atomic E-state index is -2.96. The first-order chi connectivity index (χ1) is 7.39. The molecular weight excluding hydrogens is 339 g/mol. The van der Waals surface area contributed by atoms with E-state index in [0.717, 1.165) is 0 Å². The largest absolute Gasteiger partial charge is 0.229 e. The third-order valence-electron chi connectivity index (χ3n) is 2.39. The second kappa shape index (κ2) is 4.40. The van der Waals surface area contributed by atoms with E-state index in [1.165, 1.54) is 0 Å². The van der Waals surface area contributed by atoms with Crippen LogP contribution in [0.3, 0.4) is 0 Å². The Morgan fingerprint density at radius 1 is 1.25 bits per heavy atom. The zero-order chi connectivity index (χ0) is 11.9. The molecular formula is C8H7BrCl2N2O2S. The molecule has 0 aromatic carbocycles. The molecule has 0 bridgehead atoms. The third kappa shape index (κ3) is 2.50. The first-order valence-electron chi connectivity index (χ1n) is 4.48. The maximum absolute atomic E-state index is 11.3. The lowest BCUT2D eigenvalue weighted by molar-refractivity contribution is 0.601. The smallest absolute Gasteiger partial charge is 0.151 e. The van der Waals surface area contributed by atoms with Crippen molar-refractivity contribution in [3.63, 3.8) is 0 Å². The number of halogens is 3. The van der Waals surface area contributed by atoms with Gasteiger partial charge in [0, 0.05) is 5.92 Å². The van der Waals surface area contributed by atoms with Crippen LogP contribution < -0.4 is 0 Å². The number of aromatic nitrogens is 2. The Kier molecular flexibility index (Phi) is 3.45. The summed E-state index contributed by atoms with van der Waals surface area (Å²) in [5, 5.41) is 0.415. The van der Waals surface area contributed by atoms with E-state index in [2.05, 4.69) is 25.9 Å². The summed E-state index contributed by atoms with van der Waals surface area (Å²) in [6.45, 7) is 0. The van der Waals surface area contributed by atoms with Crippen LogP contribution in [0.2, 0.25) is 10.3 Å². The summed E-state index contributed by atoms with van der Waals surface area (Å²) in [5.74, 6) is 0.445. The van der Waals surface area contributed by atoms with Crippen LogP contribution in [0.4, 0.5) is 0 Å². The van der Waals surface area contributed by atoms with Crippen molar-refractivity contribution < 1.29 is 8.42 Å². The Morgan fingerprint density at radius 3 is 2.25 bits per heavy atom. The standard InChI is InChI=1S/C8H7BrCl2N2O2S/c9-5-6(10)12-8(13-7(5)11)4-1-2-16(14,15)3-4/h4H,1-3H2. The molecule has 4 nitrogen and oxygen atoms in total. The normalized spacial score (nSPS) is 23.6. The molecule has 0 aliphatic carbocycles. The molecule has 1 fully saturated rings. The SMILES string of the molecule is O=S1(=O)CCC(c2nc(Cl)c(Br)c(Cl)n2)C1. The summed E-state index contributed by atoms with van der Waals surface area (Å²) in [7, 11) is -2.96. The van der Waals surface area contributed by atoms with E-state index in [-0.39, 0.29) is 27.7 Å². The van der Waals surface area contributed by atoms with Gasteiger partial charge in [0.15, 0.2) is 9.84 Å². The van der Waals surface area contributed by atoms with Gasteiger partial charge >= 0.3 is 0 Å². The molecule has 88 valence electrons. The molecule has 2 rings (SSSR count). The lowest BCUT2D eigenvalue weighted by Gasteiger charge is -2.07. The maximum Gasteiger partial charge on any atom is 0.151 e. The van der Waals surface area contributed by atoms with Crippen molar-refractivity contribution in [2.24, 2.45) is 0 Å². The molecule has 2 heterocycles. The number of hydrogen-bond donors (Lipinski definition) is 0. The van der Waals surface area contributed by atoms with Crippen LogP contribution in [0.25, 0.3) is 0 Å². The maximum atomic E-state index is 11.3. The van der Waals surface area contributed by atoms with Crippen LogP contribution in [-0.4, -0.2) is 29.9 Å². The summed E-state index contributed by atoms with van der Waals surface area (Å²) in [6, 6.07) is 0. The second-order valence-electron chi connectivity index (χ2n) is 3.58. The van der Waals surface area contributed by atoms with Gasteiger partial charge in [-0.3, -0.25) is 0 Å². The average Bonchev–Trinajstić information content (AvgIpc) is 2.54. The zero-order valence-electron chi connectivity index (χ0n) is 7.95. The molecule has 1 saturated heterocycles. The number of hydrogen-bond acceptors (Lipinski definition) is 4. The molecule has 1 aliphatic heterocycles. The van der Waals surface area contributed by atoms with Crippen LogP contribution in [0.1, 0.15) is 18.2 Å². The van der Waals surface area contributed by atoms with Gasteiger partial charge in [-0.15, -0.1) is 0 Å². The molecule has 1 unspecified atom stereocenters. The monoisotopic (exact) mass is 344 g/mol. The van der Waals surface area contributed by atoms with E-state index in [9.17, 15) is 8.42 Å². The molecule has 1 atom stereocenters. The molecule has 1 aromatic heterocycles. The molecule has 0 saturated carbocycles.